The van der Waals surface area contributed by atoms with Crippen LogP contribution in [-0.2, 0) is 12.3 Å². The van der Waals surface area contributed by atoms with Crippen molar-refractivity contribution < 1.29 is 4.55 Å². The Labute approximate surface area is 160 Å². The highest BCUT2D eigenvalue weighted by Gasteiger charge is 2.23. The zero-order valence-electron chi connectivity index (χ0n) is 14.6. The second-order valence-corrected chi connectivity index (χ2v) is 9.10. The smallest absolute Gasteiger partial charge is 0.235 e. The normalized spacial score (nSPS) is 15.4. The molecule has 0 radical (unpaired) electrons. The average Bonchev–Trinajstić information content (AvgIpc) is 3.27. The Morgan fingerprint density at radius 3 is 2.92 bits per heavy atom. The highest BCUT2D eigenvalue weighted by atomic mass is 32.2. The summed E-state index contributed by atoms with van der Waals surface area (Å²) < 4.78 is 19.9. The molecule has 7 nitrogen and oxygen atoms in total. The highest BCUT2D eigenvalue weighted by Crippen LogP contribution is 2.29. The first-order chi connectivity index (χ1) is 12.1. The summed E-state index contributed by atoms with van der Waals surface area (Å²) in [4.78, 5) is 8.95. The average molecular weight is 401 g/mol. The number of hydrogen-bond acceptors (Lipinski definition) is 9. The molecule has 3 rings (SSSR count). The summed E-state index contributed by atoms with van der Waals surface area (Å²) in [5.74, 6) is 3.31. The van der Waals surface area contributed by atoms with E-state index in [1.165, 1.54) is 0 Å². The Morgan fingerprint density at radius 1 is 1.36 bits per heavy atom. The first kappa shape index (κ1) is 18.8. The van der Waals surface area contributed by atoms with Crippen molar-refractivity contribution in [1.29, 1.82) is 0 Å². The van der Waals surface area contributed by atoms with Crippen molar-refractivity contribution in [2.75, 3.05) is 49.7 Å². The number of anilines is 2. The molecule has 10 heteroatoms. The van der Waals surface area contributed by atoms with Crippen LogP contribution >= 0.6 is 34.2 Å². The number of thioether (sulfide) groups is 1. The lowest BCUT2D eigenvalue weighted by Crippen LogP contribution is -2.20. The van der Waals surface area contributed by atoms with Crippen molar-refractivity contribution in [2.45, 2.75) is 25.1 Å². The summed E-state index contributed by atoms with van der Waals surface area (Å²) in [6, 6.07) is 0. The Morgan fingerprint density at radius 2 is 2.16 bits per heavy atom. The summed E-state index contributed by atoms with van der Waals surface area (Å²) >= 11 is 2.09. The van der Waals surface area contributed by atoms with Gasteiger partial charge in [-0.05, 0) is 26.9 Å². The van der Waals surface area contributed by atoms with Gasteiger partial charge in [0.1, 0.15) is 5.01 Å². The maximum atomic E-state index is 11.6. The number of aromatic nitrogens is 3. The van der Waals surface area contributed by atoms with Crippen LogP contribution in [0.5, 0.6) is 0 Å². The van der Waals surface area contributed by atoms with E-state index in [0.717, 1.165) is 67.0 Å². The minimum Gasteiger partial charge on any atom is -0.546 e. The van der Waals surface area contributed by atoms with Crippen molar-refractivity contribution in [3.8, 4) is 0 Å². The van der Waals surface area contributed by atoms with Gasteiger partial charge in [0.25, 0.3) is 0 Å². The predicted octanol–water partition coefficient (Wildman–Crippen LogP) is 2.67. The molecule has 0 aromatic carbocycles. The van der Waals surface area contributed by atoms with Crippen LogP contribution in [0, 0.1) is 0 Å². The van der Waals surface area contributed by atoms with Crippen LogP contribution in [0.4, 0.5) is 11.6 Å². The van der Waals surface area contributed by atoms with E-state index >= 15 is 0 Å². The second-order valence-electron chi connectivity index (χ2n) is 6.23. The third kappa shape index (κ3) is 5.52. The molecule has 2 aromatic heterocycles. The van der Waals surface area contributed by atoms with Gasteiger partial charge in [0.2, 0.25) is 11.6 Å². The lowest BCUT2D eigenvalue weighted by atomic mass is 10.4. The largest absolute Gasteiger partial charge is 0.546 e. The van der Waals surface area contributed by atoms with E-state index in [2.05, 4.69) is 48.3 Å². The fourth-order valence-corrected chi connectivity index (χ4v) is 5.14. The van der Waals surface area contributed by atoms with E-state index in [9.17, 15) is 4.55 Å². The van der Waals surface area contributed by atoms with E-state index in [1.54, 1.807) is 11.3 Å². The van der Waals surface area contributed by atoms with Gasteiger partial charge in [-0.25, -0.2) is 4.98 Å². The molecule has 2 aromatic rings. The van der Waals surface area contributed by atoms with Gasteiger partial charge >= 0.3 is 0 Å². The van der Waals surface area contributed by atoms with Gasteiger partial charge in [0.05, 0.1) is 5.69 Å². The molecule has 0 amide bonds. The van der Waals surface area contributed by atoms with Crippen LogP contribution in [0.1, 0.15) is 23.5 Å². The zero-order valence-corrected chi connectivity index (χ0v) is 17.1. The van der Waals surface area contributed by atoms with Crippen molar-refractivity contribution in [3.63, 3.8) is 0 Å². The fourth-order valence-electron chi connectivity index (χ4n) is 2.68. The van der Waals surface area contributed by atoms with E-state index in [0.29, 0.717) is 5.82 Å². The Balaban J connectivity index is 1.41. The lowest BCUT2D eigenvalue weighted by Gasteiger charge is -2.13. The van der Waals surface area contributed by atoms with Gasteiger partial charge in [-0.1, -0.05) is 0 Å². The number of nitrogens with one attached hydrogen (secondary N) is 1. The van der Waals surface area contributed by atoms with Crippen molar-refractivity contribution in [2.24, 2.45) is 0 Å². The zero-order chi connectivity index (χ0) is 17.6. The Bertz CT molecular complexity index is 668. The molecule has 1 N–H and O–H groups in total. The molecular formula is C15H24N6OS3. The standard InChI is InChI=1S/C15H24N6OS3/c1-20(2)9-13-17-12(11-24-13)10-23-8-5-16-14-15(19-25(22)18-14)21-6-3-4-7-21/h11H,3-10H2,1-2H3,(H,16,18). The van der Waals surface area contributed by atoms with E-state index in [4.69, 9.17) is 0 Å². The van der Waals surface area contributed by atoms with E-state index < -0.39 is 11.1 Å². The van der Waals surface area contributed by atoms with Gasteiger partial charge in [-0.2, -0.15) is 11.8 Å². The molecular weight excluding hydrogens is 376 g/mol. The van der Waals surface area contributed by atoms with Gasteiger partial charge < -0.3 is 19.7 Å². The number of hydrogen-bond donors (Lipinski definition) is 1. The minimum absolute atomic E-state index is 0.683. The van der Waals surface area contributed by atoms with Gasteiger partial charge in [0.15, 0.2) is 11.1 Å². The lowest BCUT2D eigenvalue weighted by molar-refractivity contribution is 0.401. The van der Waals surface area contributed by atoms with Crippen LogP contribution < -0.4 is 10.2 Å². The minimum atomic E-state index is -1.47. The molecule has 138 valence electrons. The molecule has 25 heavy (non-hydrogen) atoms. The van der Waals surface area contributed by atoms with Gasteiger partial charge in [0, 0.05) is 51.8 Å². The quantitative estimate of drug-likeness (QED) is 0.508. The molecule has 3 heterocycles. The highest BCUT2D eigenvalue weighted by molar-refractivity contribution is 7.98. The molecule has 1 saturated heterocycles. The predicted molar refractivity (Wildman–Crippen MR) is 106 cm³/mol. The molecule has 1 unspecified atom stereocenters. The number of rotatable bonds is 9. The molecule has 0 bridgehead atoms. The summed E-state index contributed by atoms with van der Waals surface area (Å²) in [5, 5.41) is 6.60. The second kappa shape index (κ2) is 9.13. The van der Waals surface area contributed by atoms with Crippen LogP contribution in [0.15, 0.2) is 5.38 Å². The van der Waals surface area contributed by atoms with Crippen molar-refractivity contribution >= 4 is 45.9 Å². The topological polar surface area (TPSA) is 80.2 Å². The summed E-state index contributed by atoms with van der Waals surface area (Å²) in [6.45, 7) is 3.63. The van der Waals surface area contributed by atoms with Crippen molar-refractivity contribution in [3.05, 3.63) is 16.1 Å². The molecule has 0 saturated carbocycles. The van der Waals surface area contributed by atoms with Crippen LogP contribution in [0.25, 0.3) is 0 Å². The summed E-state index contributed by atoms with van der Waals surface area (Å²) in [5.41, 5.74) is 1.14. The third-order valence-electron chi connectivity index (χ3n) is 3.79. The monoisotopic (exact) mass is 400 g/mol. The maximum Gasteiger partial charge on any atom is 0.235 e. The molecule has 1 atom stereocenters. The first-order valence-electron chi connectivity index (χ1n) is 8.36. The van der Waals surface area contributed by atoms with E-state index in [-0.39, 0.29) is 0 Å². The Hall–Kier alpha value is -0.940. The van der Waals surface area contributed by atoms with Crippen LogP contribution in [-0.4, -0.2) is 62.7 Å². The fraction of sp³-hybridized carbons (Fsp3) is 0.667. The Kier molecular flexibility index (Phi) is 6.88. The molecule has 0 aliphatic carbocycles. The maximum absolute atomic E-state index is 11.6. The number of thiazole rings is 1. The molecule has 0 spiro atoms. The molecule has 1 aliphatic heterocycles. The SMILES string of the molecule is CN(C)Cc1nc(CSCCNc2n[s+]([O-])nc2N2CCCC2)cs1. The molecule has 1 fully saturated rings. The number of nitrogens with zero attached hydrogens (tertiary/aromatic N) is 5. The van der Waals surface area contributed by atoms with E-state index in [1.807, 2.05) is 11.8 Å². The first-order valence-corrected chi connectivity index (χ1v) is 11.5. The summed E-state index contributed by atoms with van der Waals surface area (Å²) in [6.07, 6.45) is 2.33. The van der Waals surface area contributed by atoms with Gasteiger partial charge in [-0.3, -0.25) is 0 Å². The molecule has 1 aliphatic rings. The van der Waals surface area contributed by atoms with Gasteiger partial charge in [-0.15, -0.1) is 11.3 Å². The third-order valence-corrected chi connectivity index (χ3v) is 6.33. The summed E-state index contributed by atoms with van der Waals surface area (Å²) in [7, 11) is 4.11. The van der Waals surface area contributed by atoms with Crippen LogP contribution in [0.2, 0.25) is 0 Å². The van der Waals surface area contributed by atoms with Crippen molar-refractivity contribution in [1.82, 2.24) is 18.6 Å². The van der Waals surface area contributed by atoms with Crippen LogP contribution in [0.3, 0.4) is 0 Å².